The molecular formula is C26H36ClN5O5S. The zero-order valence-corrected chi connectivity index (χ0v) is 23.9. The number of sulfone groups is 1. The molecule has 1 aliphatic heterocycles. The SMILES string of the molecule is C[C@H](N)COCC(C)(C)S(=O)(=O)C1(CN2CCc3c(C(=O)NCc4ccc(Cl)cc4)nn(C)c3C2=O)CC1. The number of hydrogen-bond acceptors (Lipinski definition) is 7. The topological polar surface area (TPSA) is 137 Å². The monoisotopic (exact) mass is 565 g/mol. The van der Waals surface area contributed by atoms with E-state index in [0.29, 0.717) is 48.6 Å². The predicted octanol–water partition coefficient (Wildman–Crippen LogP) is 2.09. The summed E-state index contributed by atoms with van der Waals surface area (Å²) < 4.78 is 32.2. The Labute approximate surface area is 228 Å². The van der Waals surface area contributed by atoms with E-state index in [4.69, 9.17) is 22.1 Å². The highest BCUT2D eigenvalue weighted by atomic mass is 35.5. The van der Waals surface area contributed by atoms with Crippen LogP contribution < -0.4 is 11.1 Å². The molecule has 0 spiro atoms. The van der Waals surface area contributed by atoms with Gasteiger partial charge in [0.2, 0.25) is 0 Å². The van der Waals surface area contributed by atoms with Gasteiger partial charge in [0.1, 0.15) is 5.69 Å². The molecule has 1 aromatic heterocycles. The molecule has 0 bridgehead atoms. The van der Waals surface area contributed by atoms with Crippen LogP contribution in [-0.2, 0) is 34.6 Å². The van der Waals surface area contributed by atoms with Crippen LogP contribution in [-0.4, -0.2) is 76.8 Å². The summed E-state index contributed by atoms with van der Waals surface area (Å²) in [6.07, 6.45) is 1.40. The third kappa shape index (κ3) is 5.47. The molecule has 38 heavy (non-hydrogen) atoms. The second-order valence-electron chi connectivity index (χ2n) is 11.0. The van der Waals surface area contributed by atoms with Gasteiger partial charge >= 0.3 is 0 Å². The molecule has 0 saturated heterocycles. The van der Waals surface area contributed by atoms with E-state index in [0.717, 1.165) is 5.56 Å². The first-order chi connectivity index (χ1) is 17.8. The summed E-state index contributed by atoms with van der Waals surface area (Å²) in [5, 5.41) is 7.81. The summed E-state index contributed by atoms with van der Waals surface area (Å²) >= 11 is 5.92. The molecule has 0 unspecified atom stereocenters. The van der Waals surface area contributed by atoms with Gasteiger partial charge in [-0.25, -0.2) is 8.42 Å². The number of rotatable bonds is 11. The van der Waals surface area contributed by atoms with E-state index in [1.165, 1.54) is 4.68 Å². The number of nitrogens with two attached hydrogens (primary N) is 1. The van der Waals surface area contributed by atoms with Crippen LogP contribution in [0.2, 0.25) is 5.02 Å². The minimum Gasteiger partial charge on any atom is -0.378 e. The Morgan fingerprint density at radius 3 is 2.55 bits per heavy atom. The number of nitrogens with one attached hydrogen (secondary N) is 1. The van der Waals surface area contributed by atoms with E-state index in [1.807, 2.05) is 12.1 Å². The Bertz CT molecular complexity index is 1320. The van der Waals surface area contributed by atoms with Crippen LogP contribution >= 0.6 is 11.6 Å². The van der Waals surface area contributed by atoms with E-state index in [-0.39, 0.29) is 43.3 Å². The normalized spacial score (nSPS) is 17.7. The molecular weight excluding hydrogens is 530 g/mol. The molecule has 2 amide bonds. The van der Waals surface area contributed by atoms with Gasteiger partial charge in [-0.1, -0.05) is 23.7 Å². The second kappa shape index (κ2) is 10.6. The van der Waals surface area contributed by atoms with Crippen molar-refractivity contribution in [3.8, 4) is 0 Å². The third-order valence-corrected chi connectivity index (χ3v) is 10.8. The predicted molar refractivity (Wildman–Crippen MR) is 145 cm³/mol. The Hall–Kier alpha value is -2.47. The van der Waals surface area contributed by atoms with Gasteiger partial charge in [-0.3, -0.25) is 14.3 Å². The molecule has 1 aliphatic carbocycles. The zero-order chi connectivity index (χ0) is 27.9. The van der Waals surface area contributed by atoms with Gasteiger partial charge in [0.15, 0.2) is 15.5 Å². The molecule has 2 aromatic rings. The lowest BCUT2D eigenvalue weighted by molar-refractivity contribution is 0.0723. The maximum atomic E-state index is 13.7. The molecule has 2 heterocycles. The van der Waals surface area contributed by atoms with Crippen LogP contribution in [0, 0.1) is 0 Å². The number of hydrogen-bond donors (Lipinski definition) is 2. The number of carbonyl (C=O) groups is 2. The highest BCUT2D eigenvalue weighted by Crippen LogP contribution is 2.49. The zero-order valence-electron chi connectivity index (χ0n) is 22.3. The molecule has 4 rings (SSSR count). The van der Waals surface area contributed by atoms with Gasteiger partial charge in [0.25, 0.3) is 11.8 Å². The first kappa shape index (κ1) is 28.5. The van der Waals surface area contributed by atoms with Crippen LogP contribution in [0.25, 0.3) is 0 Å². The largest absolute Gasteiger partial charge is 0.378 e. The van der Waals surface area contributed by atoms with Crippen molar-refractivity contribution in [3.05, 3.63) is 51.8 Å². The van der Waals surface area contributed by atoms with E-state index >= 15 is 0 Å². The Balaban J connectivity index is 1.46. The Morgan fingerprint density at radius 2 is 1.95 bits per heavy atom. The lowest BCUT2D eigenvalue weighted by Crippen LogP contribution is -2.52. The minimum absolute atomic E-state index is 0.0347. The second-order valence-corrected chi connectivity index (χ2v) is 14.4. The molecule has 12 heteroatoms. The highest BCUT2D eigenvalue weighted by Gasteiger charge is 2.61. The summed E-state index contributed by atoms with van der Waals surface area (Å²) in [6.45, 7) is 6.15. The molecule has 1 saturated carbocycles. The van der Waals surface area contributed by atoms with Crippen molar-refractivity contribution in [2.45, 2.75) is 62.1 Å². The number of nitrogens with zero attached hydrogens (tertiary/aromatic N) is 3. The number of aromatic nitrogens is 2. The van der Waals surface area contributed by atoms with Crippen molar-refractivity contribution >= 4 is 33.3 Å². The van der Waals surface area contributed by atoms with Gasteiger partial charge in [-0.15, -0.1) is 0 Å². The van der Waals surface area contributed by atoms with Gasteiger partial charge in [0, 0.05) is 43.3 Å². The fourth-order valence-electron chi connectivity index (χ4n) is 4.93. The number of ether oxygens (including phenoxy) is 1. The van der Waals surface area contributed by atoms with Gasteiger partial charge < -0.3 is 20.7 Å². The quantitative estimate of drug-likeness (QED) is 0.425. The third-order valence-electron chi connectivity index (χ3n) is 7.26. The van der Waals surface area contributed by atoms with Crippen LogP contribution in [0.1, 0.15) is 65.7 Å². The highest BCUT2D eigenvalue weighted by molar-refractivity contribution is 7.94. The van der Waals surface area contributed by atoms with E-state index in [2.05, 4.69) is 10.4 Å². The van der Waals surface area contributed by atoms with E-state index < -0.39 is 19.3 Å². The van der Waals surface area contributed by atoms with Crippen molar-refractivity contribution in [2.75, 3.05) is 26.3 Å². The fraction of sp³-hybridized carbons (Fsp3) is 0.577. The van der Waals surface area contributed by atoms with Crippen molar-refractivity contribution in [1.82, 2.24) is 20.0 Å². The van der Waals surface area contributed by atoms with Crippen molar-refractivity contribution in [3.63, 3.8) is 0 Å². The molecule has 2 aliphatic rings. The van der Waals surface area contributed by atoms with Crippen molar-refractivity contribution in [2.24, 2.45) is 12.8 Å². The lowest BCUT2D eigenvalue weighted by Gasteiger charge is -2.35. The summed E-state index contributed by atoms with van der Waals surface area (Å²) in [5.74, 6) is -0.682. The lowest BCUT2D eigenvalue weighted by atomic mass is 10.0. The maximum absolute atomic E-state index is 13.7. The van der Waals surface area contributed by atoms with Gasteiger partial charge in [0.05, 0.1) is 22.7 Å². The first-order valence-electron chi connectivity index (χ1n) is 12.7. The Morgan fingerprint density at radius 1 is 1.29 bits per heavy atom. The summed E-state index contributed by atoms with van der Waals surface area (Å²) in [6, 6.07) is 6.96. The van der Waals surface area contributed by atoms with Crippen molar-refractivity contribution in [1.29, 1.82) is 0 Å². The molecule has 1 fully saturated rings. The molecule has 10 nitrogen and oxygen atoms in total. The summed E-state index contributed by atoms with van der Waals surface area (Å²) in [5.41, 5.74) is 7.74. The average Bonchev–Trinajstić information content (AvgIpc) is 3.56. The number of carbonyl (C=O) groups excluding carboxylic acids is 2. The number of fused-ring (bicyclic) bond motifs is 1. The number of amides is 2. The number of benzene rings is 1. The molecule has 1 aromatic carbocycles. The van der Waals surface area contributed by atoms with E-state index in [1.54, 1.807) is 44.9 Å². The summed E-state index contributed by atoms with van der Waals surface area (Å²) in [4.78, 5) is 28.0. The van der Waals surface area contributed by atoms with Crippen LogP contribution in [0.3, 0.4) is 0 Å². The van der Waals surface area contributed by atoms with Gasteiger partial charge in [-0.2, -0.15) is 5.10 Å². The number of aryl methyl sites for hydroxylation is 1. The molecule has 0 radical (unpaired) electrons. The maximum Gasteiger partial charge on any atom is 0.272 e. The molecule has 1 atom stereocenters. The van der Waals surface area contributed by atoms with Gasteiger partial charge in [-0.05, 0) is 57.7 Å². The first-order valence-corrected chi connectivity index (χ1v) is 14.6. The fourth-order valence-corrected chi connectivity index (χ4v) is 7.43. The number of halogens is 1. The average molecular weight is 566 g/mol. The van der Waals surface area contributed by atoms with E-state index in [9.17, 15) is 18.0 Å². The molecule has 208 valence electrons. The Kier molecular flexibility index (Phi) is 7.96. The van der Waals surface area contributed by atoms with Crippen molar-refractivity contribution < 1.29 is 22.7 Å². The van der Waals surface area contributed by atoms with Crippen LogP contribution in [0.15, 0.2) is 24.3 Å². The van der Waals surface area contributed by atoms with Crippen LogP contribution in [0.5, 0.6) is 0 Å². The standard InChI is InChI=1S/C26H36ClN5O5S/c1-17(28)14-37-16-25(2,3)38(35,36)26(10-11-26)15-32-12-9-20-21(30-31(4)22(20)24(32)34)23(33)29-13-18-5-7-19(27)8-6-18/h5-8,17H,9-16,28H2,1-4H3,(H,29,33)/t17-/m0/s1. The van der Waals surface area contributed by atoms with Crippen LogP contribution in [0.4, 0.5) is 0 Å². The molecule has 3 N–H and O–H groups in total. The minimum atomic E-state index is -3.63. The summed E-state index contributed by atoms with van der Waals surface area (Å²) in [7, 11) is -2.01. The smallest absolute Gasteiger partial charge is 0.272 e.